The summed E-state index contributed by atoms with van der Waals surface area (Å²) in [7, 11) is -8.50. The van der Waals surface area contributed by atoms with Gasteiger partial charge in [-0.15, -0.1) is 5.12 Å². The SMILES string of the molecule is COc1cc([N+](=O)[O-])c(S(=O)(=O)O)cc1N1NC(=Nc2ccccc2)[N+](=C=O)N1c1cc(S(=O)(=O)O)c([N+](=O)[O-])cc1OC. The number of benzene rings is 3. The van der Waals surface area contributed by atoms with Crippen molar-refractivity contribution in [2.75, 3.05) is 24.5 Å². The van der Waals surface area contributed by atoms with E-state index in [4.69, 9.17) is 9.47 Å². The molecule has 230 valence electrons. The molecule has 1 aliphatic rings. The molecule has 0 atom stereocenters. The number of isocyanates is 1. The number of nitrogens with zero attached hydrogens (tertiary/aromatic N) is 6. The highest BCUT2D eigenvalue weighted by Crippen LogP contribution is 2.43. The number of hydrogen-bond donors (Lipinski definition) is 3. The number of hydrazone groups is 1. The maximum atomic E-state index is 12.4. The molecule has 1 saturated heterocycles. The molecule has 0 amide bonds. The van der Waals surface area contributed by atoms with E-state index < -0.39 is 80.1 Å². The molecule has 1 aliphatic heterocycles. The highest BCUT2D eigenvalue weighted by molar-refractivity contribution is 7.86. The van der Waals surface area contributed by atoms with Crippen LogP contribution >= 0.6 is 0 Å². The van der Waals surface area contributed by atoms with Crippen molar-refractivity contribution in [1.82, 2.24) is 5.43 Å². The van der Waals surface area contributed by atoms with Crippen LogP contribution in [0.15, 0.2) is 69.4 Å². The van der Waals surface area contributed by atoms with E-state index in [-0.39, 0.29) is 5.69 Å². The van der Waals surface area contributed by atoms with Gasteiger partial charge < -0.3 is 9.47 Å². The zero-order valence-corrected chi connectivity index (χ0v) is 23.7. The van der Waals surface area contributed by atoms with Gasteiger partial charge in [0.2, 0.25) is 0 Å². The van der Waals surface area contributed by atoms with Crippen LogP contribution in [0.25, 0.3) is 0 Å². The van der Waals surface area contributed by atoms with Crippen molar-refractivity contribution in [2.24, 2.45) is 4.99 Å². The molecular weight excluding hydrogens is 634 g/mol. The van der Waals surface area contributed by atoms with E-state index in [0.29, 0.717) is 34.1 Å². The van der Waals surface area contributed by atoms with Crippen LogP contribution in [0.5, 0.6) is 11.5 Å². The van der Waals surface area contributed by atoms with Crippen LogP contribution in [0.2, 0.25) is 0 Å². The van der Waals surface area contributed by atoms with Crippen molar-refractivity contribution in [3.63, 3.8) is 0 Å². The molecule has 4 rings (SSSR count). The normalized spacial score (nSPS) is 14.3. The summed E-state index contributed by atoms with van der Waals surface area (Å²) in [6.45, 7) is 0. The van der Waals surface area contributed by atoms with Gasteiger partial charge in [-0.05, 0) is 28.9 Å². The van der Waals surface area contributed by atoms with Crippen molar-refractivity contribution >= 4 is 60.7 Å². The van der Waals surface area contributed by atoms with Gasteiger partial charge in [0.1, 0.15) is 17.1 Å². The number of ether oxygens (including phenoxy) is 2. The van der Waals surface area contributed by atoms with E-state index in [0.717, 1.165) is 19.3 Å². The molecule has 0 saturated carbocycles. The van der Waals surface area contributed by atoms with E-state index in [1.54, 1.807) is 18.2 Å². The number of nitrogens with one attached hydrogen (secondary N) is 1. The topological polar surface area (TPSA) is 264 Å². The first-order valence-corrected chi connectivity index (χ1v) is 14.4. The molecular formula is C22H18N7O13S2+. The molecule has 0 aliphatic carbocycles. The third kappa shape index (κ3) is 5.81. The zero-order chi connectivity index (χ0) is 32.6. The molecule has 3 aromatic carbocycles. The van der Waals surface area contributed by atoms with E-state index in [2.05, 4.69) is 10.4 Å². The van der Waals surface area contributed by atoms with Crippen LogP contribution in [-0.2, 0) is 25.0 Å². The van der Waals surface area contributed by atoms with Gasteiger partial charge >= 0.3 is 32.3 Å². The maximum Gasteiger partial charge on any atom is 0.451 e. The third-order valence-corrected chi connectivity index (χ3v) is 7.54. The summed E-state index contributed by atoms with van der Waals surface area (Å²) in [5, 5.41) is 24.7. The molecule has 44 heavy (non-hydrogen) atoms. The Bertz CT molecular complexity index is 2000. The standard InChI is InChI=1S/C22H17N7O13S2/c1-41-18-8-16(28(31)32)20(43(35,36)37)10-14(18)26-24-22(23-13-6-4-3-5-7-13)25(12-30)27(26)15-11-21(44(38,39)40)17(29(33)34)9-19(15)42-2/h3-11H,1-2H3,(H2-,23,24,35,36,37,38,39,40)/p+1. The average Bonchev–Trinajstić information content (AvgIpc) is 3.32. The van der Waals surface area contributed by atoms with Crippen LogP contribution in [0.4, 0.5) is 28.4 Å². The number of anilines is 2. The van der Waals surface area contributed by atoms with Gasteiger partial charge in [-0.3, -0.25) is 29.3 Å². The first-order chi connectivity index (χ1) is 20.6. The quantitative estimate of drug-likeness (QED) is 0.0976. The minimum Gasteiger partial charge on any atom is -0.494 e. The van der Waals surface area contributed by atoms with E-state index in [9.17, 15) is 51.0 Å². The van der Waals surface area contributed by atoms with Crippen LogP contribution in [0.1, 0.15) is 0 Å². The smallest absolute Gasteiger partial charge is 0.451 e. The molecule has 0 bridgehead atoms. The Morgan fingerprint density at radius 3 is 1.77 bits per heavy atom. The van der Waals surface area contributed by atoms with Crippen LogP contribution in [0.3, 0.4) is 0 Å². The molecule has 22 heteroatoms. The highest BCUT2D eigenvalue weighted by atomic mass is 32.2. The first-order valence-electron chi connectivity index (χ1n) is 11.5. The third-order valence-electron chi connectivity index (χ3n) is 5.78. The predicted molar refractivity (Wildman–Crippen MR) is 147 cm³/mol. The number of hydrogen-bond acceptors (Lipinski definition) is 14. The highest BCUT2D eigenvalue weighted by Gasteiger charge is 2.46. The Kier molecular flexibility index (Phi) is 8.20. The summed E-state index contributed by atoms with van der Waals surface area (Å²) in [4.78, 5) is 35.2. The fraction of sp³-hybridized carbons (Fsp3) is 0.0909. The van der Waals surface area contributed by atoms with E-state index in [1.807, 2.05) is 0 Å². The molecule has 0 spiro atoms. The summed E-state index contributed by atoms with van der Waals surface area (Å²) in [6.07, 6.45) is 1.50. The molecule has 0 unspecified atom stereocenters. The summed E-state index contributed by atoms with van der Waals surface area (Å²) in [5.74, 6) is -1.33. The number of para-hydroxylation sites is 1. The number of rotatable bonds is 9. The van der Waals surface area contributed by atoms with Gasteiger partial charge in [0.15, 0.2) is 21.3 Å². The Balaban J connectivity index is 2.13. The van der Waals surface area contributed by atoms with Crippen molar-refractivity contribution < 1.29 is 54.7 Å². The molecule has 20 nitrogen and oxygen atoms in total. The lowest BCUT2D eigenvalue weighted by atomic mass is 10.2. The number of nitro benzene ring substituents is 2. The maximum absolute atomic E-state index is 12.4. The molecule has 0 aromatic heterocycles. The fourth-order valence-electron chi connectivity index (χ4n) is 3.95. The van der Waals surface area contributed by atoms with Crippen LogP contribution < -0.4 is 25.1 Å². The zero-order valence-electron chi connectivity index (χ0n) is 22.1. The fourth-order valence-corrected chi connectivity index (χ4v) is 5.27. The van der Waals surface area contributed by atoms with Crippen molar-refractivity contribution in [2.45, 2.75) is 9.79 Å². The number of aliphatic imine (C=N–C) groups is 1. The van der Waals surface area contributed by atoms with E-state index >= 15 is 0 Å². The largest absolute Gasteiger partial charge is 0.494 e. The monoisotopic (exact) mass is 652 g/mol. The van der Waals surface area contributed by atoms with Crippen molar-refractivity contribution in [3.05, 3.63) is 74.8 Å². The lowest BCUT2D eigenvalue weighted by Gasteiger charge is -2.26. The Morgan fingerprint density at radius 2 is 1.34 bits per heavy atom. The van der Waals surface area contributed by atoms with Crippen molar-refractivity contribution in [3.8, 4) is 11.5 Å². The summed E-state index contributed by atoms with van der Waals surface area (Å²) in [5.41, 5.74) is -0.389. The second-order valence-corrected chi connectivity index (χ2v) is 11.1. The number of guanidine groups is 1. The predicted octanol–water partition coefficient (Wildman–Crippen LogP) is 1.71. The van der Waals surface area contributed by atoms with Gasteiger partial charge in [-0.1, -0.05) is 28.3 Å². The van der Waals surface area contributed by atoms with Gasteiger partial charge in [0.25, 0.3) is 11.4 Å². The van der Waals surface area contributed by atoms with E-state index in [1.165, 1.54) is 18.2 Å². The number of hydrazine groups is 3. The second-order valence-electron chi connectivity index (χ2n) is 8.34. The van der Waals surface area contributed by atoms with Gasteiger partial charge in [-0.2, -0.15) is 27.1 Å². The molecule has 3 aromatic rings. The molecule has 1 heterocycles. The number of methoxy groups -OCH3 is 2. The molecule has 0 radical (unpaired) electrons. The van der Waals surface area contributed by atoms with Crippen LogP contribution in [0, 0.1) is 20.2 Å². The first kappa shape index (κ1) is 31.3. The van der Waals surface area contributed by atoms with Gasteiger partial charge in [0.05, 0.1) is 36.2 Å². The molecule has 1 fully saturated rings. The lowest BCUT2D eigenvalue weighted by Crippen LogP contribution is -2.45. The van der Waals surface area contributed by atoms with Crippen LogP contribution in [-0.4, -0.2) is 66.7 Å². The summed E-state index contributed by atoms with van der Waals surface area (Å²) >= 11 is 0. The summed E-state index contributed by atoms with van der Waals surface area (Å²) in [6, 6.07) is 10.3. The van der Waals surface area contributed by atoms with Gasteiger partial charge in [-0.25, -0.2) is 0 Å². The van der Waals surface area contributed by atoms with Gasteiger partial charge in [0, 0.05) is 0 Å². The lowest BCUT2D eigenvalue weighted by molar-refractivity contribution is -0.411. The van der Waals surface area contributed by atoms with Crippen molar-refractivity contribution in [1.29, 1.82) is 0 Å². The second kappa shape index (κ2) is 11.5. The minimum atomic E-state index is -5.30. The average molecular weight is 653 g/mol. The minimum absolute atomic E-state index is 0.237. The Labute approximate surface area is 246 Å². The number of nitro groups is 2. The Hall–Kier alpha value is -5.67. The number of carbonyl (C=O) groups excluding carboxylic acids is 1. The Morgan fingerprint density at radius 1 is 0.864 bits per heavy atom. The molecule has 3 N–H and O–H groups in total. The summed E-state index contributed by atoms with van der Waals surface area (Å²) < 4.78 is 79.1.